The Bertz CT molecular complexity index is 2750. The summed E-state index contributed by atoms with van der Waals surface area (Å²) in [6, 6.07) is 21.6. The molecule has 0 spiro atoms. The molecule has 5 aromatic rings. The Morgan fingerprint density at radius 3 is 1.98 bits per heavy atom. The van der Waals surface area contributed by atoms with Gasteiger partial charge in [0, 0.05) is 11.5 Å². The highest BCUT2D eigenvalue weighted by atomic mass is 35.5. The molecule has 0 saturated heterocycles. The molecule has 2 aliphatic heterocycles. The minimum Gasteiger partial charge on any atom is -0.508 e. The Hall–Kier alpha value is -5.53. The topological polar surface area (TPSA) is 147 Å². The zero-order chi connectivity index (χ0) is 45.8. The fourth-order valence-corrected chi connectivity index (χ4v) is 8.86. The van der Waals surface area contributed by atoms with E-state index in [1.54, 1.807) is 84.9 Å². The monoisotopic (exact) mass is 898 g/mol. The molecule has 0 bridgehead atoms. The van der Waals surface area contributed by atoms with Gasteiger partial charge in [0.25, 0.3) is 0 Å². The van der Waals surface area contributed by atoms with Crippen LogP contribution in [0, 0.1) is 5.95 Å². The van der Waals surface area contributed by atoms with E-state index in [4.69, 9.17) is 46.9 Å². The number of rotatable bonds is 12. The van der Waals surface area contributed by atoms with Gasteiger partial charge in [0.1, 0.15) is 55.5 Å². The maximum absolute atomic E-state index is 14.8. The van der Waals surface area contributed by atoms with Gasteiger partial charge >= 0.3 is 0 Å². The van der Waals surface area contributed by atoms with Crippen molar-refractivity contribution in [3.05, 3.63) is 123 Å². The number of aliphatic hydroxyl groups excluding tert-OH is 2. The van der Waals surface area contributed by atoms with E-state index in [0.717, 1.165) is 16.5 Å². The number of Topliss-reactive ketones (excluding diaryl/α,β-unsaturated/α-hetero) is 2. The van der Waals surface area contributed by atoms with E-state index in [0.29, 0.717) is 47.6 Å². The minimum absolute atomic E-state index is 0.0480. The number of hydrogen-bond donors (Lipinski definition) is 2. The lowest BCUT2D eigenvalue weighted by molar-refractivity contribution is -0.164. The summed E-state index contributed by atoms with van der Waals surface area (Å²) in [5.74, 6) is -1.95. The first kappa shape index (κ1) is 45.5. The van der Waals surface area contributed by atoms with Crippen LogP contribution in [0.3, 0.4) is 0 Å². The van der Waals surface area contributed by atoms with Gasteiger partial charge in [-0.25, -0.2) is 4.98 Å². The van der Waals surface area contributed by atoms with Crippen LogP contribution in [0.5, 0.6) is 29.0 Å². The van der Waals surface area contributed by atoms with Crippen molar-refractivity contribution in [2.24, 2.45) is 0 Å². The summed E-state index contributed by atoms with van der Waals surface area (Å²) >= 11 is 12.4. The molecule has 4 heterocycles. The predicted octanol–water partition coefficient (Wildman–Crippen LogP) is 12.1. The summed E-state index contributed by atoms with van der Waals surface area (Å²) < 4.78 is 44.5. The largest absolute Gasteiger partial charge is 0.508 e. The van der Waals surface area contributed by atoms with Crippen LogP contribution < -0.4 is 14.2 Å². The van der Waals surface area contributed by atoms with Crippen LogP contribution in [0.15, 0.2) is 84.3 Å². The first-order valence-electron chi connectivity index (χ1n) is 20.5. The molecule has 7 rings (SSSR count). The third kappa shape index (κ3) is 8.61. The molecule has 3 aromatic carbocycles. The van der Waals surface area contributed by atoms with Crippen LogP contribution in [0.25, 0.3) is 22.0 Å². The van der Waals surface area contributed by atoms with Gasteiger partial charge in [0.2, 0.25) is 17.7 Å². The number of aliphatic hydroxyl groups is 2. The summed E-state index contributed by atoms with van der Waals surface area (Å²) in [7, 11) is 1.28. The third-order valence-corrected chi connectivity index (χ3v) is 12.1. The molecule has 2 aliphatic rings. The standard InChI is InChI=1S/C49H49Cl2FN2O9/c1-10-26-17-20-30(61-45-38(51)39(59-9)37(50)44(52)54-45)25-31(26)36-42(57)48(6,7)63-49(8,43(36)58)23-13-15-27-18-21-29(60-34-22-19-28-14-11-12-16-33(28)53-34)24-32(27)35-40(55)46(2,3)62-47(4,5)41(35)56/h11-12,14,16-22,24-25,55,57H,10,13,15,23H2,1-9H3. The van der Waals surface area contributed by atoms with Gasteiger partial charge in [-0.2, -0.15) is 9.37 Å². The number of hydrogen-bond acceptors (Lipinski definition) is 11. The number of para-hydroxylation sites is 1. The van der Waals surface area contributed by atoms with E-state index in [1.165, 1.54) is 7.11 Å². The van der Waals surface area contributed by atoms with Crippen LogP contribution in [-0.4, -0.2) is 61.3 Å². The number of halogens is 3. The Labute approximate surface area is 375 Å². The van der Waals surface area contributed by atoms with Crippen LogP contribution in [0.4, 0.5) is 4.39 Å². The zero-order valence-corrected chi connectivity index (χ0v) is 38.0. The lowest BCUT2D eigenvalue weighted by Gasteiger charge is -2.43. The van der Waals surface area contributed by atoms with Crippen LogP contribution in [0.2, 0.25) is 10.0 Å². The molecule has 2 aromatic heterocycles. The van der Waals surface area contributed by atoms with Crippen molar-refractivity contribution < 1.29 is 47.9 Å². The fourth-order valence-electron chi connectivity index (χ4n) is 8.34. The Kier molecular flexibility index (Phi) is 12.2. The van der Waals surface area contributed by atoms with E-state index in [2.05, 4.69) is 9.97 Å². The third-order valence-electron chi connectivity index (χ3n) is 11.4. The number of fused-ring (bicyclic) bond motifs is 1. The quantitative estimate of drug-likeness (QED) is 0.115. The SMILES string of the molecule is CCc1ccc(Oc2nc(F)c(Cl)c(OC)c2Cl)cc1C1=C(O)C(C)(C)OC(C)(CCCc2ccc(Oc3ccc4ccccc4n3)cc2C2=C(O)C(C)(C)OC(C)(C)C2=O)C1=O. The number of ketones is 2. The molecule has 14 heteroatoms. The number of ether oxygens (including phenoxy) is 5. The van der Waals surface area contributed by atoms with Crippen molar-refractivity contribution in [2.75, 3.05) is 7.11 Å². The summed E-state index contributed by atoms with van der Waals surface area (Å²) in [4.78, 5) is 37.3. The zero-order valence-electron chi connectivity index (χ0n) is 36.5. The molecule has 1 atom stereocenters. The van der Waals surface area contributed by atoms with Crippen molar-refractivity contribution in [1.29, 1.82) is 0 Å². The molecule has 330 valence electrons. The first-order valence-corrected chi connectivity index (χ1v) is 21.3. The molecular formula is C49H49Cl2FN2O9. The van der Waals surface area contributed by atoms with Crippen molar-refractivity contribution in [2.45, 2.75) is 103 Å². The van der Waals surface area contributed by atoms with Gasteiger partial charge in [-0.15, -0.1) is 0 Å². The van der Waals surface area contributed by atoms with E-state index < -0.39 is 44.9 Å². The Balaban J connectivity index is 1.21. The Morgan fingerprint density at radius 1 is 0.714 bits per heavy atom. The summed E-state index contributed by atoms with van der Waals surface area (Å²) in [6.07, 6.45) is 1.42. The highest BCUT2D eigenvalue weighted by Crippen LogP contribution is 2.47. The first-order chi connectivity index (χ1) is 29.6. The maximum atomic E-state index is 14.8. The van der Waals surface area contributed by atoms with Crippen LogP contribution in [0.1, 0.15) is 90.5 Å². The van der Waals surface area contributed by atoms with Gasteiger partial charge < -0.3 is 33.9 Å². The van der Waals surface area contributed by atoms with Crippen molar-refractivity contribution in [1.82, 2.24) is 9.97 Å². The number of methoxy groups -OCH3 is 1. The second-order valence-electron chi connectivity index (χ2n) is 17.3. The number of carbonyl (C=O) groups excluding carboxylic acids is 2. The number of aromatic nitrogens is 2. The molecule has 63 heavy (non-hydrogen) atoms. The summed E-state index contributed by atoms with van der Waals surface area (Å²) in [5.41, 5.74) is -1.99. The molecule has 0 aliphatic carbocycles. The summed E-state index contributed by atoms with van der Waals surface area (Å²) in [5, 5.41) is 23.8. The van der Waals surface area contributed by atoms with Gasteiger partial charge in [-0.1, -0.05) is 60.5 Å². The van der Waals surface area contributed by atoms with E-state index in [-0.39, 0.29) is 51.5 Å². The van der Waals surface area contributed by atoms with Gasteiger partial charge in [-0.3, -0.25) is 9.59 Å². The molecular weight excluding hydrogens is 850 g/mol. The average molecular weight is 900 g/mol. The second-order valence-corrected chi connectivity index (χ2v) is 18.1. The molecule has 11 nitrogen and oxygen atoms in total. The number of aryl methyl sites for hydroxylation is 2. The fraction of sp³-hybridized carbons (Fsp3) is 0.347. The van der Waals surface area contributed by atoms with Gasteiger partial charge in [0.15, 0.2) is 17.3 Å². The van der Waals surface area contributed by atoms with Gasteiger partial charge in [0.05, 0.1) is 23.8 Å². The highest BCUT2D eigenvalue weighted by molar-refractivity contribution is 6.38. The normalized spacial score (nSPS) is 19.4. The maximum Gasteiger partial charge on any atom is 0.244 e. The number of benzene rings is 3. The van der Waals surface area contributed by atoms with Crippen molar-refractivity contribution in [3.8, 4) is 29.0 Å². The molecule has 0 amide bonds. The van der Waals surface area contributed by atoms with E-state index in [9.17, 15) is 24.2 Å². The minimum atomic E-state index is -1.44. The molecule has 1 unspecified atom stereocenters. The number of pyridine rings is 2. The molecule has 0 saturated carbocycles. The average Bonchev–Trinajstić information content (AvgIpc) is 3.22. The lowest BCUT2D eigenvalue weighted by Crippen LogP contribution is -2.51. The van der Waals surface area contributed by atoms with E-state index >= 15 is 0 Å². The predicted molar refractivity (Wildman–Crippen MR) is 240 cm³/mol. The van der Waals surface area contributed by atoms with Crippen molar-refractivity contribution in [3.63, 3.8) is 0 Å². The summed E-state index contributed by atoms with van der Waals surface area (Å²) in [6.45, 7) is 13.7. The van der Waals surface area contributed by atoms with Crippen molar-refractivity contribution >= 4 is 56.8 Å². The highest BCUT2D eigenvalue weighted by Gasteiger charge is 2.50. The lowest BCUT2D eigenvalue weighted by atomic mass is 9.78. The number of carbonyl (C=O) groups is 2. The van der Waals surface area contributed by atoms with Crippen LogP contribution in [-0.2, 0) is 31.9 Å². The molecule has 0 radical (unpaired) electrons. The Morgan fingerprint density at radius 2 is 1.32 bits per heavy atom. The number of nitrogens with zero attached hydrogens (tertiary/aromatic N) is 2. The van der Waals surface area contributed by atoms with E-state index in [1.807, 2.05) is 43.3 Å². The second kappa shape index (κ2) is 16.9. The molecule has 0 fully saturated rings. The molecule has 2 N–H and O–H groups in total. The smallest absolute Gasteiger partial charge is 0.244 e. The van der Waals surface area contributed by atoms with Gasteiger partial charge in [-0.05, 0) is 133 Å². The van der Waals surface area contributed by atoms with Crippen LogP contribution >= 0.6 is 23.2 Å².